The lowest BCUT2D eigenvalue weighted by Gasteiger charge is -2.15. The summed E-state index contributed by atoms with van der Waals surface area (Å²) in [5.41, 5.74) is 0.815. The highest BCUT2D eigenvalue weighted by Crippen LogP contribution is 2.23. The maximum absolute atomic E-state index is 13.0. The van der Waals surface area contributed by atoms with E-state index in [4.69, 9.17) is 16.3 Å². The topological polar surface area (TPSA) is 136 Å². The molecule has 10 nitrogen and oxygen atoms in total. The number of nitrogens with zero attached hydrogens (tertiary/aromatic N) is 1. The van der Waals surface area contributed by atoms with Crippen LogP contribution in [-0.4, -0.2) is 37.4 Å². The summed E-state index contributed by atoms with van der Waals surface area (Å²) in [6, 6.07) is 16.6. The van der Waals surface area contributed by atoms with Crippen molar-refractivity contribution in [2.24, 2.45) is 0 Å². The molecule has 1 aromatic heterocycles. The summed E-state index contributed by atoms with van der Waals surface area (Å²) in [4.78, 5) is 37.8. The Morgan fingerprint density at radius 2 is 1.79 bits per heavy atom. The molecule has 12 heteroatoms. The number of amides is 2. The van der Waals surface area contributed by atoms with Gasteiger partial charge in [-0.15, -0.1) is 0 Å². The van der Waals surface area contributed by atoms with Crippen molar-refractivity contribution < 1.29 is 22.7 Å². The second kappa shape index (κ2) is 12.4. The molecule has 39 heavy (non-hydrogen) atoms. The monoisotopic (exact) mass is 572 g/mol. The fourth-order valence-electron chi connectivity index (χ4n) is 3.80. The summed E-state index contributed by atoms with van der Waals surface area (Å²) in [6.45, 7) is 1.18. The van der Waals surface area contributed by atoms with Gasteiger partial charge >= 0.3 is 0 Å². The van der Waals surface area contributed by atoms with Gasteiger partial charge in [-0.05, 0) is 55.7 Å². The van der Waals surface area contributed by atoms with Gasteiger partial charge in [0, 0.05) is 28.9 Å². The zero-order valence-corrected chi connectivity index (χ0v) is 22.8. The number of aromatic nitrogens is 1. The summed E-state index contributed by atoms with van der Waals surface area (Å²) in [5, 5.41) is 5.99. The number of halogens is 1. The highest BCUT2D eigenvalue weighted by atomic mass is 35.5. The Balaban J connectivity index is 1.39. The zero-order chi connectivity index (χ0) is 28.0. The molecule has 1 heterocycles. The van der Waals surface area contributed by atoms with Crippen molar-refractivity contribution in [3.63, 3.8) is 0 Å². The van der Waals surface area contributed by atoms with Gasteiger partial charge in [0.2, 0.25) is 15.9 Å². The van der Waals surface area contributed by atoms with Gasteiger partial charge in [0.05, 0.1) is 5.75 Å². The van der Waals surface area contributed by atoms with E-state index >= 15 is 0 Å². The minimum absolute atomic E-state index is 0.0379. The fraction of sp³-hybridized carbons (Fsp3) is 0.296. The number of anilines is 1. The number of carbonyl (C=O) groups is 2. The number of hydrogen-bond acceptors (Lipinski definition) is 6. The maximum Gasteiger partial charge on any atom is 0.275 e. The highest BCUT2D eigenvalue weighted by Gasteiger charge is 2.23. The van der Waals surface area contributed by atoms with Crippen LogP contribution in [0.25, 0.3) is 0 Å². The second-order valence-electron chi connectivity index (χ2n) is 9.29. The smallest absolute Gasteiger partial charge is 0.275 e. The number of aryl methyl sites for hydroxylation is 1. The summed E-state index contributed by atoms with van der Waals surface area (Å²) in [7, 11) is -3.86. The molecule has 0 unspecified atom stereocenters. The van der Waals surface area contributed by atoms with Crippen LogP contribution in [0, 0.1) is 6.92 Å². The minimum Gasteiger partial charge on any atom is -0.483 e. The summed E-state index contributed by atoms with van der Waals surface area (Å²) >= 11 is 6.12. The lowest BCUT2D eigenvalue weighted by atomic mass is 10.2. The lowest BCUT2D eigenvalue weighted by molar-refractivity contribution is -0.123. The third-order valence-electron chi connectivity index (χ3n) is 5.96. The molecule has 0 radical (unpaired) electrons. The third kappa shape index (κ3) is 8.33. The van der Waals surface area contributed by atoms with Crippen LogP contribution in [0.2, 0.25) is 5.02 Å². The van der Waals surface area contributed by atoms with Crippen LogP contribution < -0.4 is 25.7 Å². The van der Waals surface area contributed by atoms with Gasteiger partial charge in [-0.25, -0.2) is 8.42 Å². The maximum atomic E-state index is 13.0. The molecule has 4 rings (SSSR count). The van der Waals surface area contributed by atoms with Gasteiger partial charge in [0.1, 0.15) is 18.0 Å². The number of benzene rings is 2. The van der Waals surface area contributed by atoms with Crippen molar-refractivity contribution >= 4 is 39.1 Å². The number of hydrogen-bond donors (Lipinski definition) is 3. The molecule has 0 saturated heterocycles. The molecular formula is C27H29ClN4O6S. The predicted molar refractivity (Wildman–Crippen MR) is 148 cm³/mol. The first kappa shape index (κ1) is 28.2. The van der Waals surface area contributed by atoms with E-state index in [0.29, 0.717) is 27.6 Å². The zero-order valence-electron chi connectivity index (χ0n) is 21.3. The van der Waals surface area contributed by atoms with Crippen LogP contribution in [0.5, 0.6) is 5.75 Å². The van der Waals surface area contributed by atoms with Gasteiger partial charge in [-0.1, -0.05) is 41.9 Å². The van der Waals surface area contributed by atoms with E-state index in [-0.39, 0.29) is 43.1 Å². The Bertz CT molecular complexity index is 1520. The molecule has 3 aromatic rings. The van der Waals surface area contributed by atoms with Crippen LogP contribution >= 0.6 is 11.6 Å². The van der Waals surface area contributed by atoms with E-state index in [0.717, 1.165) is 12.8 Å². The molecule has 206 valence electrons. The minimum atomic E-state index is -3.86. The van der Waals surface area contributed by atoms with Gasteiger partial charge in [0.25, 0.3) is 11.5 Å². The molecule has 1 aliphatic carbocycles. The van der Waals surface area contributed by atoms with Crippen molar-refractivity contribution in [3.05, 3.63) is 92.9 Å². The number of carbonyl (C=O) groups excluding carboxylic acids is 2. The number of rotatable bonds is 12. The number of sulfonamides is 1. The molecule has 0 atom stereocenters. The molecule has 0 aliphatic heterocycles. The van der Waals surface area contributed by atoms with Crippen molar-refractivity contribution in [3.8, 4) is 5.75 Å². The summed E-state index contributed by atoms with van der Waals surface area (Å²) in [6.07, 6.45) is 1.93. The Morgan fingerprint density at radius 1 is 1.05 bits per heavy atom. The van der Waals surface area contributed by atoms with Gasteiger partial charge < -0.3 is 19.9 Å². The van der Waals surface area contributed by atoms with Crippen molar-refractivity contribution in [2.75, 3.05) is 11.3 Å². The highest BCUT2D eigenvalue weighted by molar-refractivity contribution is 7.91. The van der Waals surface area contributed by atoms with E-state index in [1.165, 1.54) is 10.6 Å². The summed E-state index contributed by atoms with van der Waals surface area (Å²) < 4.78 is 34.4. The second-order valence-corrected chi connectivity index (χ2v) is 11.4. The largest absolute Gasteiger partial charge is 0.483 e. The van der Waals surface area contributed by atoms with Crippen LogP contribution in [0.1, 0.15) is 29.7 Å². The first-order valence-corrected chi connectivity index (χ1v) is 14.3. The number of pyridine rings is 1. The number of ether oxygens (including phenoxy) is 1. The first-order valence-electron chi connectivity index (χ1n) is 12.3. The van der Waals surface area contributed by atoms with Crippen LogP contribution in [-0.2, 0) is 38.5 Å². The van der Waals surface area contributed by atoms with E-state index < -0.39 is 21.5 Å². The molecule has 1 saturated carbocycles. The van der Waals surface area contributed by atoms with Crippen LogP contribution in [0.3, 0.4) is 0 Å². The quantitative estimate of drug-likeness (QED) is 0.305. The van der Waals surface area contributed by atoms with Gasteiger partial charge in [-0.3, -0.25) is 19.1 Å². The molecule has 3 N–H and O–H groups in total. The standard InChI is InChI=1S/C27H29ClN4O6S/c1-18-7-11-23(31-39(36,37)17-19-5-3-2-4-6-19)27(35)32(18)15-25(33)29-14-20-13-21(28)8-12-24(20)38-16-26(34)30-22-9-10-22/h2-8,11-13,22,31H,9-10,14-17H2,1H3,(H,29,33)(H,30,34). The van der Waals surface area contributed by atoms with Gasteiger partial charge in [0.15, 0.2) is 6.61 Å². The van der Waals surface area contributed by atoms with E-state index in [1.54, 1.807) is 61.5 Å². The Morgan fingerprint density at radius 3 is 2.51 bits per heavy atom. The average Bonchev–Trinajstić information content (AvgIpc) is 3.70. The number of nitrogens with one attached hydrogen (secondary N) is 3. The van der Waals surface area contributed by atoms with Gasteiger partial charge in [-0.2, -0.15) is 0 Å². The molecule has 1 aliphatic rings. The molecule has 0 spiro atoms. The first-order chi connectivity index (χ1) is 18.6. The van der Waals surface area contributed by atoms with Crippen molar-refractivity contribution in [1.82, 2.24) is 15.2 Å². The van der Waals surface area contributed by atoms with Crippen molar-refractivity contribution in [2.45, 2.75) is 44.6 Å². The van der Waals surface area contributed by atoms with E-state index in [1.807, 2.05) is 0 Å². The van der Waals surface area contributed by atoms with Crippen LogP contribution in [0.15, 0.2) is 65.5 Å². The fourth-order valence-corrected chi connectivity index (χ4v) is 5.19. The summed E-state index contributed by atoms with van der Waals surface area (Å²) in [5.74, 6) is -0.610. The van der Waals surface area contributed by atoms with Crippen molar-refractivity contribution in [1.29, 1.82) is 0 Å². The SMILES string of the molecule is Cc1ccc(NS(=O)(=O)Cc2ccccc2)c(=O)n1CC(=O)NCc1cc(Cl)ccc1OCC(=O)NC1CC1. The Labute approximate surface area is 231 Å². The van der Waals surface area contributed by atoms with E-state index in [9.17, 15) is 22.8 Å². The average molecular weight is 573 g/mol. The molecule has 1 fully saturated rings. The molecule has 2 aromatic carbocycles. The van der Waals surface area contributed by atoms with E-state index in [2.05, 4.69) is 15.4 Å². The molecular weight excluding hydrogens is 544 g/mol. The Hall–Kier alpha value is -3.83. The molecule has 2 amide bonds. The normalized spacial score (nSPS) is 13.0. The van der Waals surface area contributed by atoms with Crippen LogP contribution in [0.4, 0.5) is 5.69 Å². The lowest BCUT2D eigenvalue weighted by Crippen LogP contribution is -2.34. The molecule has 0 bridgehead atoms. The third-order valence-corrected chi connectivity index (χ3v) is 7.44. The predicted octanol–water partition coefficient (Wildman–Crippen LogP) is 2.73. The Kier molecular flexibility index (Phi) is 8.93.